The lowest BCUT2D eigenvalue weighted by Crippen LogP contribution is -2.29. The van der Waals surface area contributed by atoms with Gasteiger partial charge in [0.15, 0.2) is 0 Å². The quantitative estimate of drug-likeness (QED) is 0.237. The maximum absolute atomic E-state index is 12.0. The van der Waals surface area contributed by atoms with Gasteiger partial charge in [0.05, 0.1) is 17.9 Å². The molecule has 1 aliphatic rings. The molecule has 1 aliphatic carbocycles. The zero-order chi connectivity index (χ0) is 28.3. The smallest absolute Gasteiger partial charge is 0.306 e. The molecule has 39 heavy (non-hydrogen) atoms. The summed E-state index contributed by atoms with van der Waals surface area (Å²) in [6.07, 6.45) is 2.08. The van der Waals surface area contributed by atoms with Crippen molar-refractivity contribution in [2.45, 2.75) is 33.1 Å². The van der Waals surface area contributed by atoms with Crippen molar-refractivity contribution in [2.24, 2.45) is 0 Å². The van der Waals surface area contributed by atoms with Crippen molar-refractivity contribution < 1.29 is 25.2 Å². The second-order valence-corrected chi connectivity index (χ2v) is 13.4. The van der Waals surface area contributed by atoms with Crippen LogP contribution in [0.5, 0.6) is 11.5 Å². The molecular formula is C31H30O6S2. The average molecular weight is 563 g/mol. The van der Waals surface area contributed by atoms with Gasteiger partial charge in [-0.2, -0.15) is 16.8 Å². The summed E-state index contributed by atoms with van der Waals surface area (Å²) in [5, 5.41) is 0. The molecule has 0 aromatic heterocycles. The van der Waals surface area contributed by atoms with Crippen LogP contribution in [-0.2, 0) is 25.7 Å². The lowest BCUT2D eigenvalue weighted by Gasteiger charge is -2.35. The van der Waals surface area contributed by atoms with Gasteiger partial charge in [-0.05, 0) is 83.3 Å². The fourth-order valence-electron chi connectivity index (χ4n) is 5.92. The van der Waals surface area contributed by atoms with E-state index in [1.807, 2.05) is 76.2 Å². The second-order valence-electron chi connectivity index (χ2n) is 10.3. The molecule has 0 saturated heterocycles. The molecule has 8 heteroatoms. The molecule has 0 unspecified atom stereocenters. The van der Waals surface area contributed by atoms with Crippen LogP contribution in [0.25, 0.3) is 11.1 Å². The maximum atomic E-state index is 12.0. The van der Waals surface area contributed by atoms with E-state index in [1.54, 1.807) is 0 Å². The zero-order valence-corrected chi connectivity index (χ0v) is 24.3. The van der Waals surface area contributed by atoms with Gasteiger partial charge in [0.1, 0.15) is 11.5 Å². The number of fused-ring (bicyclic) bond motifs is 3. The second kappa shape index (κ2) is 9.24. The molecule has 0 atom stereocenters. The van der Waals surface area contributed by atoms with E-state index in [1.165, 1.54) is 0 Å². The number of benzene rings is 4. The van der Waals surface area contributed by atoms with Gasteiger partial charge in [-0.3, -0.25) is 0 Å². The van der Waals surface area contributed by atoms with Crippen molar-refractivity contribution in [1.29, 1.82) is 0 Å². The highest BCUT2D eigenvalue weighted by atomic mass is 32.2. The molecule has 202 valence electrons. The molecule has 0 fully saturated rings. The Labute approximate surface area is 230 Å². The summed E-state index contributed by atoms with van der Waals surface area (Å²) >= 11 is 0. The summed E-state index contributed by atoms with van der Waals surface area (Å²) in [6, 6.07) is 24.5. The summed E-state index contributed by atoms with van der Waals surface area (Å²) in [4.78, 5) is 0. The molecule has 0 aliphatic heterocycles. The van der Waals surface area contributed by atoms with Crippen LogP contribution in [0.3, 0.4) is 0 Å². The third-order valence-corrected chi connectivity index (χ3v) is 8.15. The normalized spacial score (nSPS) is 14.0. The Morgan fingerprint density at radius 1 is 0.538 bits per heavy atom. The minimum atomic E-state index is -3.71. The standard InChI is InChI=1S/C31H30O6S2/c1-19-15-23(16-20(2)29(19)36-38(5,32)33)31(24-17-21(3)30(22(4)18-24)37-39(6,34)35)27-13-9-7-11-25(27)26-12-8-10-14-28(26)31/h7-18H,1-6H3. The van der Waals surface area contributed by atoms with Gasteiger partial charge in [-0.1, -0.05) is 72.8 Å². The van der Waals surface area contributed by atoms with Crippen LogP contribution in [0.4, 0.5) is 0 Å². The molecule has 0 N–H and O–H groups in total. The first kappa shape index (κ1) is 27.0. The van der Waals surface area contributed by atoms with Gasteiger partial charge in [0.2, 0.25) is 0 Å². The van der Waals surface area contributed by atoms with Gasteiger partial charge >= 0.3 is 20.2 Å². The SMILES string of the molecule is Cc1cc(C2(c3cc(C)c(OS(C)(=O)=O)c(C)c3)c3ccccc3-c3ccccc32)cc(C)c1OS(C)(=O)=O. The topological polar surface area (TPSA) is 86.7 Å². The number of hydrogen-bond acceptors (Lipinski definition) is 6. The van der Waals surface area contributed by atoms with Crippen LogP contribution in [0.1, 0.15) is 44.5 Å². The van der Waals surface area contributed by atoms with Gasteiger partial charge in [0.25, 0.3) is 0 Å². The number of hydrogen-bond donors (Lipinski definition) is 0. The van der Waals surface area contributed by atoms with Crippen LogP contribution in [0, 0.1) is 27.7 Å². The van der Waals surface area contributed by atoms with E-state index in [2.05, 4.69) is 24.3 Å². The van der Waals surface area contributed by atoms with Crippen molar-refractivity contribution >= 4 is 20.2 Å². The molecule has 0 saturated carbocycles. The van der Waals surface area contributed by atoms with E-state index >= 15 is 0 Å². The molecular weight excluding hydrogens is 532 g/mol. The van der Waals surface area contributed by atoms with Crippen molar-refractivity contribution in [2.75, 3.05) is 12.5 Å². The van der Waals surface area contributed by atoms with Gasteiger partial charge in [-0.15, -0.1) is 0 Å². The first-order chi connectivity index (χ1) is 18.2. The van der Waals surface area contributed by atoms with Gasteiger partial charge in [0, 0.05) is 0 Å². The molecule has 0 amide bonds. The molecule has 0 spiro atoms. The zero-order valence-electron chi connectivity index (χ0n) is 22.7. The summed E-state index contributed by atoms with van der Waals surface area (Å²) in [5.74, 6) is 0.639. The third-order valence-electron chi connectivity index (χ3n) is 7.21. The highest BCUT2D eigenvalue weighted by Crippen LogP contribution is 2.57. The predicted octanol–water partition coefficient (Wildman–Crippen LogP) is 5.96. The highest BCUT2D eigenvalue weighted by molar-refractivity contribution is 7.86. The summed E-state index contributed by atoms with van der Waals surface area (Å²) in [7, 11) is -7.43. The van der Waals surface area contributed by atoms with E-state index in [9.17, 15) is 16.8 Å². The summed E-state index contributed by atoms with van der Waals surface area (Å²) in [6.45, 7) is 7.38. The predicted molar refractivity (Wildman–Crippen MR) is 154 cm³/mol. The lowest BCUT2D eigenvalue weighted by atomic mass is 9.66. The van der Waals surface area contributed by atoms with Crippen LogP contribution in [-0.4, -0.2) is 29.3 Å². The minimum absolute atomic E-state index is 0.320. The number of rotatable bonds is 6. The molecule has 4 aromatic carbocycles. The van der Waals surface area contributed by atoms with Gasteiger partial charge < -0.3 is 8.37 Å². The van der Waals surface area contributed by atoms with E-state index in [0.717, 1.165) is 45.9 Å². The van der Waals surface area contributed by atoms with Crippen LogP contribution in [0.15, 0.2) is 72.8 Å². The minimum Gasteiger partial charge on any atom is -0.382 e. The van der Waals surface area contributed by atoms with Crippen molar-refractivity contribution in [3.63, 3.8) is 0 Å². The van der Waals surface area contributed by atoms with Crippen LogP contribution >= 0.6 is 0 Å². The first-order valence-electron chi connectivity index (χ1n) is 12.4. The average Bonchev–Trinajstić information content (AvgIpc) is 3.14. The molecule has 6 nitrogen and oxygen atoms in total. The van der Waals surface area contributed by atoms with Crippen molar-refractivity contribution in [3.05, 3.63) is 117 Å². The fourth-order valence-corrected chi connectivity index (χ4v) is 7.05. The van der Waals surface area contributed by atoms with Gasteiger partial charge in [-0.25, -0.2) is 0 Å². The Morgan fingerprint density at radius 3 is 1.15 bits per heavy atom. The van der Waals surface area contributed by atoms with E-state index in [-0.39, 0.29) is 0 Å². The Bertz CT molecular complexity index is 1670. The van der Waals surface area contributed by atoms with E-state index in [4.69, 9.17) is 8.37 Å². The lowest BCUT2D eigenvalue weighted by molar-refractivity contribution is 0.487. The fraction of sp³-hybridized carbons (Fsp3) is 0.226. The maximum Gasteiger partial charge on any atom is 0.306 e. The molecule has 4 aromatic rings. The monoisotopic (exact) mass is 562 g/mol. The van der Waals surface area contributed by atoms with E-state index < -0.39 is 25.7 Å². The van der Waals surface area contributed by atoms with E-state index in [0.29, 0.717) is 33.8 Å². The highest BCUT2D eigenvalue weighted by Gasteiger charge is 2.46. The number of aryl methyl sites for hydroxylation is 4. The molecule has 0 radical (unpaired) electrons. The summed E-state index contributed by atoms with van der Waals surface area (Å²) in [5.41, 5.74) is 8.30. The molecule has 0 bridgehead atoms. The van der Waals surface area contributed by atoms with Crippen molar-refractivity contribution in [1.82, 2.24) is 0 Å². The third kappa shape index (κ3) is 4.61. The Balaban J connectivity index is 1.89. The molecule has 0 heterocycles. The van der Waals surface area contributed by atoms with Crippen molar-refractivity contribution in [3.8, 4) is 22.6 Å². The Kier molecular flexibility index (Phi) is 6.39. The van der Waals surface area contributed by atoms with Crippen LogP contribution < -0.4 is 8.37 Å². The first-order valence-corrected chi connectivity index (χ1v) is 16.1. The largest absolute Gasteiger partial charge is 0.382 e. The summed E-state index contributed by atoms with van der Waals surface area (Å²) < 4.78 is 58.7. The molecule has 5 rings (SSSR count). The Morgan fingerprint density at radius 2 is 0.846 bits per heavy atom. The Hall–Kier alpha value is -3.62. The van der Waals surface area contributed by atoms with Crippen LogP contribution in [0.2, 0.25) is 0 Å².